The number of carbonyl (C=O) groups excluding carboxylic acids is 1. The van der Waals surface area contributed by atoms with Crippen molar-refractivity contribution in [2.45, 2.75) is 32.1 Å². The van der Waals surface area contributed by atoms with E-state index in [0.717, 1.165) is 25.9 Å². The summed E-state index contributed by atoms with van der Waals surface area (Å²) in [6, 6.07) is 0. The monoisotopic (exact) mass is 213 g/mol. The molecule has 1 fully saturated rings. The fourth-order valence-corrected chi connectivity index (χ4v) is 1.89. The highest BCUT2D eigenvalue weighted by atomic mass is 16.1. The van der Waals surface area contributed by atoms with Gasteiger partial charge in [-0.2, -0.15) is 0 Å². The number of nitrogens with two attached hydrogens (primary N) is 1. The molecule has 3 N–H and O–H groups in total. The SMILES string of the molecule is NCCCC(=O)NCCCN1CCCC1. The second kappa shape index (κ2) is 7.65. The molecule has 0 aromatic rings. The molecule has 0 saturated carbocycles. The Kier molecular flexibility index (Phi) is 6.36. The molecule has 0 atom stereocenters. The number of likely N-dealkylation sites (tertiary alicyclic amines) is 1. The van der Waals surface area contributed by atoms with Gasteiger partial charge < -0.3 is 16.0 Å². The second-order valence-electron chi connectivity index (χ2n) is 4.14. The van der Waals surface area contributed by atoms with E-state index in [1.54, 1.807) is 0 Å². The predicted octanol–water partition coefficient (Wildman–Crippen LogP) is 0.327. The lowest BCUT2D eigenvalue weighted by molar-refractivity contribution is -0.121. The molecule has 15 heavy (non-hydrogen) atoms. The van der Waals surface area contributed by atoms with Crippen molar-refractivity contribution in [2.24, 2.45) is 5.73 Å². The van der Waals surface area contributed by atoms with Crippen LogP contribution >= 0.6 is 0 Å². The topological polar surface area (TPSA) is 58.4 Å². The molecule has 1 saturated heterocycles. The zero-order valence-electron chi connectivity index (χ0n) is 9.50. The van der Waals surface area contributed by atoms with Crippen LogP contribution in [0, 0.1) is 0 Å². The minimum absolute atomic E-state index is 0.141. The van der Waals surface area contributed by atoms with E-state index in [-0.39, 0.29) is 5.91 Å². The summed E-state index contributed by atoms with van der Waals surface area (Å²) in [7, 11) is 0. The Labute approximate surface area is 92.2 Å². The molecule has 0 spiro atoms. The van der Waals surface area contributed by atoms with Crippen molar-refractivity contribution in [3.8, 4) is 0 Å². The minimum atomic E-state index is 0.141. The van der Waals surface area contributed by atoms with Crippen LogP contribution in [0.1, 0.15) is 32.1 Å². The van der Waals surface area contributed by atoms with E-state index >= 15 is 0 Å². The molecular formula is C11H23N3O. The van der Waals surface area contributed by atoms with Crippen molar-refractivity contribution in [3.05, 3.63) is 0 Å². The van der Waals surface area contributed by atoms with Gasteiger partial charge in [0.2, 0.25) is 5.91 Å². The quantitative estimate of drug-likeness (QED) is 0.599. The van der Waals surface area contributed by atoms with E-state index in [1.807, 2.05) is 0 Å². The van der Waals surface area contributed by atoms with Crippen molar-refractivity contribution >= 4 is 5.91 Å². The van der Waals surface area contributed by atoms with Gasteiger partial charge in [-0.25, -0.2) is 0 Å². The van der Waals surface area contributed by atoms with E-state index in [0.29, 0.717) is 13.0 Å². The first-order valence-corrected chi connectivity index (χ1v) is 6.02. The van der Waals surface area contributed by atoms with Crippen molar-refractivity contribution in [3.63, 3.8) is 0 Å². The second-order valence-corrected chi connectivity index (χ2v) is 4.14. The van der Waals surface area contributed by atoms with Crippen LogP contribution in [0.5, 0.6) is 0 Å². The van der Waals surface area contributed by atoms with Crippen LogP contribution in [0.4, 0.5) is 0 Å². The fraction of sp³-hybridized carbons (Fsp3) is 0.909. The van der Waals surface area contributed by atoms with Crippen LogP contribution in [0.3, 0.4) is 0 Å². The first kappa shape index (κ1) is 12.5. The first-order chi connectivity index (χ1) is 7.33. The van der Waals surface area contributed by atoms with Crippen LogP contribution in [-0.2, 0) is 4.79 Å². The summed E-state index contributed by atoms with van der Waals surface area (Å²) in [6.45, 7) is 5.00. The summed E-state index contributed by atoms with van der Waals surface area (Å²) in [5, 5.41) is 2.92. The van der Waals surface area contributed by atoms with Crippen LogP contribution in [0.25, 0.3) is 0 Å². The zero-order valence-corrected chi connectivity index (χ0v) is 9.50. The maximum Gasteiger partial charge on any atom is 0.220 e. The van der Waals surface area contributed by atoms with Gasteiger partial charge in [0.05, 0.1) is 0 Å². The van der Waals surface area contributed by atoms with Gasteiger partial charge in [0.15, 0.2) is 0 Å². The van der Waals surface area contributed by atoms with Gasteiger partial charge in [-0.3, -0.25) is 4.79 Å². The molecule has 4 heteroatoms. The lowest BCUT2D eigenvalue weighted by Gasteiger charge is -2.14. The molecule has 0 radical (unpaired) electrons. The molecule has 4 nitrogen and oxygen atoms in total. The Morgan fingerprint density at radius 1 is 1.27 bits per heavy atom. The van der Waals surface area contributed by atoms with E-state index in [2.05, 4.69) is 10.2 Å². The molecule has 0 unspecified atom stereocenters. The van der Waals surface area contributed by atoms with E-state index in [1.165, 1.54) is 25.9 Å². The summed E-state index contributed by atoms with van der Waals surface area (Å²) in [6.07, 6.45) is 5.10. The third kappa shape index (κ3) is 5.74. The zero-order chi connectivity index (χ0) is 10.9. The Morgan fingerprint density at radius 2 is 2.00 bits per heavy atom. The molecule has 88 valence electrons. The summed E-state index contributed by atoms with van der Waals surface area (Å²) >= 11 is 0. The average molecular weight is 213 g/mol. The number of hydrogen-bond donors (Lipinski definition) is 2. The normalized spacial score (nSPS) is 16.9. The Balaban J connectivity index is 1.89. The number of amides is 1. The van der Waals surface area contributed by atoms with Crippen molar-refractivity contribution in [2.75, 3.05) is 32.7 Å². The van der Waals surface area contributed by atoms with Crippen LogP contribution in [0.2, 0.25) is 0 Å². The summed E-state index contributed by atoms with van der Waals surface area (Å²) < 4.78 is 0. The molecule has 1 aliphatic heterocycles. The highest BCUT2D eigenvalue weighted by Crippen LogP contribution is 2.06. The average Bonchev–Trinajstić information content (AvgIpc) is 2.74. The molecule has 0 aromatic carbocycles. The van der Waals surface area contributed by atoms with E-state index in [9.17, 15) is 4.79 Å². The molecule has 0 aromatic heterocycles. The molecule has 0 aliphatic carbocycles. The Hall–Kier alpha value is -0.610. The molecule has 1 heterocycles. The lowest BCUT2D eigenvalue weighted by Crippen LogP contribution is -2.28. The van der Waals surface area contributed by atoms with Gasteiger partial charge in [-0.05, 0) is 51.9 Å². The van der Waals surface area contributed by atoms with Gasteiger partial charge in [0.1, 0.15) is 0 Å². The van der Waals surface area contributed by atoms with Crippen LogP contribution < -0.4 is 11.1 Å². The highest BCUT2D eigenvalue weighted by Gasteiger charge is 2.10. The predicted molar refractivity (Wildman–Crippen MR) is 61.6 cm³/mol. The third-order valence-electron chi connectivity index (χ3n) is 2.78. The summed E-state index contributed by atoms with van der Waals surface area (Å²) in [5.41, 5.74) is 5.33. The maximum atomic E-state index is 11.2. The molecule has 1 aliphatic rings. The van der Waals surface area contributed by atoms with Gasteiger partial charge >= 0.3 is 0 Å². The van der Waals surface area contributed by atoms with Crippen molar-refractivity contribution in [1.29, 1.82) is 0 Å². The molecular weight excluding hydrogens is 190 g/mol. The number of carbonyl (C=O) groups is 1. The standard InChI is InChI=1S/C11H23N3O/c12-6-3-5-11(15)13-7-4-10-14-8-1-2-9-14/h1-10,12H2,(H,13,15). The third-order valence-corrected chi connectivity index (χ3v) is 2.78. The maximum absolute atomic E-state index is 11.2. The summed E-state index contributed by atoms with van der Waals surface area (Å²) in [4.78, 5) is 13.7. The van der Waals surface area contributed by atoms with Crippen LogP contribution in [0.15, 0.2) is 0 Å². The van der Waals surface area contributed by atoms with E-state index < -0.39 is 0 Å². The van der Waals surface area contributed by atoms with Gasteiger partial charge in [0, 0.05) is 13.0 Å². The van der Waals surface area contributed by atoms with E-state index in [4.69, 9.17) is 5.73 Å². The fourth-order valence-electron chi connectivity index (χ4n) is 1.89. The highest BCUT2D eigenvalue weighted by molar-refractivity contribution is 5.75. The summed E-state index contributed by atoms with van der Waals surface area (Å²) in [5.74, 6) is 0.141. The number of nitrogens with zero attached hydrogens (tertiary/aromatic N) is 1. The van der Waals surface area contributed by atoms with Gasteiger partial charge in [-0.15, -0.1) is 0 Å². The number of nitrogens with one attached hydrogen (secondary N) is 1. The van der Waals surface area contributed by atoms with Gasteiger partial charge in [0.25, 0.3) is 0 Å². The molecule has 1 amide bonds. The number of hydrogen-bond acceptors (Lipinski definition) is 3. The number of rotatable bonds is 7. The lowest BCUT2D eigenvalue weighted by atomic mass is 10.3. The van der Waals surface area contributed by atoms with Crippen LogP contribution in [-0.4, -0.2) is 43.5 Å². The Bertz CT molecular complexity index is 179. The largest absolute Gasteiger partial charge is 0.356 e. The Morgan fingerprint density at radius 3 is 2.67 bits per heavy atom. The smallest absolute Gasteiger partial charge is 0.220 e. The minimum Gasteiger partial charge on any atom is -0.356 e. The molecule has 0 bridgehead atoms. The van der Waals surface area contributed by atoms with Gasteiger partial charge in [-0.1, -0.05) is 0 Å². The molecule has 1 rings (SSSR count). The van der Waals surface area contributed by atoms with Crippen molar-refractivity contribution < 1.29 is 4.79 Å². The first-order valence-electron chi connectivity index (χ1n) is 6.02. The van der Waals surface area contributed by atoms with Crippen molar-refractivity contribution in [1.82, 2.24) is 10.2 Å².